The fourth-order valence-electron chi connectivity index (χ4n) is 2.14. The van der Waals surface area contributed by atoms with Gasteiger partial charge in [0, 0.05) is 26.8 Å². The fraction of sp³-hybridized carbons (Fsp3) is 0.643. The van der Waals surface area contributed by atoms with Gasteiger partial charge in [-0.05, 0) is 19.9 Å². The van der Waals surface area contributed by atoms with Crippen molar-refractivity contribution in [1.82, 2.24) is 10.3 Å². The number of hydrogen-bond donors (Lipinski definition) is 2. The van der Waals surface area contributed by atoms with Crippen LogP contribution >= 0.6 is 0 Å². The molecule has 1 atom stereocenters. The van der Waals surface area contributed by atoms with Gasteiger partial charge in [-0.15, -0.1) is 0 Å². The molecule has 1 unspecified atom stereocenters. The maximum Gasteiger partial charge on any atom is 0.268 e. The first-order valence-electron chi connectivity index (χ1n) is 6.85. The number of furan rings is 1. The van der Waals surface area contributed by atoms with E-state index in [1.165, 1.54) is 0 Å². The van der Waals surface area contributed by atoms with Crippen LogP contribution in [-0.2, 0) is 16.0 Å². The van der Waals surface area contributed by atoms with E-state index in [9.17, 15) is 4.79 Å². The quantitative estimate of drug-likeness (QED) is 0.396. The topological polar surface area (TPSA) is 90.0 Å². The highest BCUT2D eigenvalue weighted by Crippen LogP contribution is 2.17. The number of amides is 1. The van der Waals surface area contributed by atoms with Gasteiger partial charge in [0.05, 0.1) is 25.3 Å². The molecule has 0 aliphatic rings. The Hall–Kier alpha value is -1.41. The van der Waals surface area contributed by atoms with Gasteiger partial charge in [-0.2, -0.15) is 0 Å². The Morgan fingerprint density at radius 2 is 2.19 bits per heavy atom. The average molecular weight is 299 g/mol. The largest absolute Gasteiger partial charge is 0.464 e. The summed E-state index contributed by atoms with van der Waals surface area (Å²) >= 11 is 0. The van der Waals surface area contributed by atoms with Gasteiger partial charge >= 0.3 is 0 Å². The maximum atomic E-state index is 11.6. The SMILES string of the molecule is COCCN(Cc1cc(C(=O)NN)c(C)o1)C(C)COC. The average Bonchev–Trinajstić information content (AvgIpc) is 2.83. The van der Waals surface area contributed by atoms with E-state index in [0.29, 0.717) is 36.8 Å². The Morgan fingerprint density at radius 1 is 1.48 bits per heavy atom. The van der Waals surface area contributed by atoms with Crippen molar-refractivity contribution in [3.05, 3.63) is 23.2 Å². The van der Waals surface area contributed by atoms with Gasteiger partial charge in [0.1, 0.15) is 11.5 Å². The molecule has 21 heavy (non-hydrogen) atoms. The highest BCUT2D eigenvalue weighted by Gasteiger charge is 2.19. The molecule has 1 aromatic rings. The number of carbonyl (C=O) groups is 1. The molecule has 3 N–H and O–H groups in total. The summed E-state index contributed by atoms with van der Waals surface area (Å²) in [7, 11) is 3.34. The number of rotatable bonds is 9. The van der Waals surface area contributed by atoms with Crippen LogP contribution in [0.1, 0.15) is 28.8 Å². The van der Waals surface area contributed by atoms with Crippen LogP contribution < -0.4 is 11.3 Å². The van der Waals surface area contributed by atoms with E-state index in [4.69, 9.17) is 19.7 Å². The van der Waals surface area contributed by atoms with Gasteiger partial charge in [0.25, 0.3) is 5.91 Å². The minimum Gasteiger partial charge on any atom is -0.464 e. The summed E-state index contributed by atoms with van der Waals surface area (Å²) in [6.07, 6.45) is 0. The lowest BCUT2D eigenvalue weighted by atomic mass is 10.2. The summed E-state index contributed by atoms with van der Waals surface area (Å²) in [6, 6.07) is 1.93. The Labute approximate surface area is 125 Å². The van der Waals surface area contributed by atoms with Crippen molar-refractivity contribution in [2.45, 2.75) is 26.4 Å². The second-order valence-corrected chi connectivity index (χ2v) is 4.92. The Bertz CT molecular complexity index is 447. The zero-order valence-electron chi connectivity index (χ0n) is 13.1. The van der Waals surface area contributed by atoms with Crippen molar-refractivity contribution in [2.24, 2.45) is 5.84 Å². The number of methoxy groups -OCH3 is 2. The maximum absolute atomic E-state index is 11.6. The molecule has 0 aliphatic heterocycles. The number of carbonyl (C=O) groups excluding carboxylic acids is 1. The van der Waals surface area contributed by atoms with Crippen molar-refractivity contribution >= 4 is 5.91 Å². The lowest BCUT2D eigenvalue weighted by Gasteiger charge is -2.27. The molecule has 0 radical (unpaired) electrons. The van der Waals surface area contributed by atoms with Crippen LogP contribution in [-0.4, -0.2) is 50.8 Å². The van der Waals surface area contributed by atoms with Crippen molar-refractivity contribution in [2.75, 3.05) is 34.0 Å². The van der Waals surface area contributed by atoms with Crippen molar-refractivity contribution in [3.8, 4) is 0 Å². The molecule has 1 aromatic heterocycles. The predicted octanol–water partition coefficient (Wildman–Crippen LogP) is 0.675. The first kappa shape index (κ1) is 17.6. The highest BCUT2D eigenvalue weighted by atomic mass is 16.5. The van der Waals surface area contributed by atoms with Gasteiger partial charge in [-0.3, -0.25) is 15.1 Å². The van der Waals surface area contributed by atoms with Gasteiger partial charge in [0.2, 0.25) is 0 Å². The highest BCUT2D eigenvalue weighted by molar-refractivity contribution is 5.94. The predicted molar refractivity (Wildman–Crippen MR) is 78.7 cm³/mol. The number of hydrazine groups is 1. The van der Waals surface area contributed by atoms with Crippen LogP contribution in [0.5, 0.6) is 0 Å². The third-order valence-electron chi connectivity index (χ3n) is 3.32. The molecule has 7 nitrogen and oxygen atoms in total. The van der Waals surface area contributed by atoms with E-state index in [1.807, 2.05) is 0 Å². The van der Waals surface area contributed by atoms with Crippen molar-refractivity contribution in [3.63, 3.8) is 0 Å². The second-order valence-electron chi connectivity index (χ2n) is 4.92. The molecular weight excluding hydrogens is 274 g/mol. The minimum atomic E-state index is -0.351. The number of nitrogens with one attached hydrogen (secondary N) is 1. The number of hydrogen-bond acceptors (Lipinski definition) is 6. The van der Waals surface area contributed by atoms with Crippen LogP contribution in [0.25, 0.3) is 0 Å². The third kappa shape index (κ3) is 5.13. The first-order valence-corrected chi connectivity index (χ1v) is 6.85. The van der Waals surface area contributed by atoms with Crippen LogP contribution in [0, 0.1) is 6.92 Å². The Morgan fingerprint density at radius 3 is 2.76 bits per heavy atom. The Kier molecular flexibility index (Phi) is 7.38. The number of nitrogens with two attached hydrogens (primary N) is 1. The van der Waals surface area contributed by atoms with Gasteiger partial charge in [-0.1, -0.05) is 0 Å². The van der Waals surface area contributed by atoms with E-state index in [2.05, 4.69) is 17.2 Å². The Balaban J connectivity index is 2.80. The summed E-state index contributed by atoms with van der Waals surface area (Å²) < 4.78 is 16.0. The third-order valence-corrected chi connectivity index (χ3v) is 3.32. The van der Waals surface area contributed by atoms with E-state index in [-0.39, 0.29) is 11.9 Å². The molecular formula is C14H25N3O4. The number of aryl methyl sites for hydroxylation is 1. The van der Waals surface area contributed by atoms with Gasteiger partial charge in [0.15, 0.2) is 0 Å². The van der Waals surface area contributed by atoms with Gasteiger partial charge < -0.3 is 13.9 Å². The fourth-order valence-corrected chi connectivity index (χ4v) is 2.14. The molecule has 0 aromatic carbocycles. The smallest absolute Gasteiger partial charge is 0.268 e. The minimum absolute atomic E-state index is 0.211. The number of ether oxygens (including phenoxy) is 2. The molecule has 0 bridgehead atoms. The monoisotopic (exact) mass is 299 g/mol. The standard InChI is InChI=1S/C14H25N3O4/c1-10(9-20-4)17(5-6-19-3)8-12-7-13(11(2)21-12)14(18)16-15/h7,10H,5-6,8-9,15H2,1-4H3,(H,16,18). The van der Waals surface area contributed by atoms with E-state index >= 15 is 0 Å². The molecule has 0 aliphatic carbocycles. The summed E-state index contributed by atoms with van der Waals surface area (Å²) in [5, 5.41) is 0. The summed E-state index contributed by atoms with van der Waals surface area (Å²) in [5.74, 6) is 6.07. The molecule has 0 spiro atoms. The summed E-state index contributed by atoms with van der Waals surface area (Å²) in [5.41, 5.74) is 2.57. The van der Waals surface area contributed by atoms with Crippen LogP contribution in [0.15, 0.2) is 10.5 Å². The van der Waals surface area contributed by atoms with E-state index in [1.54, 1.807) is 27.2 Å². The van der Waals surface area contributed by atoms with Crippen LogP contribution in [0.3, 0.4) is 0 Å². The number of nitrogens with zero attached hydrogens (tertiary/aromatic N) is 1. The zero-order valence-corrected chi connectivity index (χ0v) is 13.1. The van der Waals surface area contributed by atoms with Gasteiger partial charge in [-0.25, -0.2) is 5.84 Å². The van der Waals surface area contributed by atoms with E-state index < -0.39 is 0 Å². The summed E-state index contributed by atoms with van der Waals surface area (Å²) in [6.45, 7) is 6.36. The normalized spacial score (nSPS) is 12.7. The lowest BCUT2D eigenvalue weighted by molar-refractivity contribution is 0.0662. The molecule has 7 heteroatoms. The zero-order chi connectivity index (χ0) is 15.8. The molecule has 1 amide bonds. The van der Waals surface area contributed by atoms with E-state index in [0.717, 1.165) is 6.54 Å². The number of nitrogen functional groups attached to an aromatic ring is 1. The molecule has 120 valence electrons. The summed E-state index contributed by atoms with van der Waals surface area (Å²) in [4.78, 5) is 13.8. The molecule has 0 fully saturated rings. The first-order chi connectivity index (χ1) is 10.0. The van der Waals surface area contributed by atoms with Crippen LogP contribution in [0.2, 0.25) is 0 Å². The lowest BCUT2D eigenvalue weighted by Crippen LogP contribution is -2.37. The molecule has 1 rings (SSSR count). The second kappa shape index (κ2) is 8.78. The molecule has 0 saturated heterocycles. The van der Waals surface area contributed by atoms with Crippen molar-refractivity contribution < 1.29 is 18.7 Å². The molecule has 1 heterocycles. The van der Waals surface area contributed by atoms with Crippen LogP contribution in [0.4, 0.5) is 0 Å². The molecule has 0 saturated carbocycles. The van der Waals surface area contributed by atoms with Crippen molar-refractivity contribution in [1.29, 1.82) is 0 Å².